The lowest BCUT2D eigenvalue weighted by molar-refractivity contribution is -0.206. The summed E-state index contributed by atoms with van der Waals surface area (Å²) in [5.41, 5.74) is 5.20. The minimum absolute atomic E-state index is 0. The molecule has 0 aromatic carbocycles. The smallest absolute Gasteiger partial charge is 0.367 e. The van der Waals surface area contributed by atoms with Crippen molar-refractivity contribution in [2.75, 3.05) is 6.61 Å². The van der Waals surface area contributed by atoms with Crippen LogP contribution >= 0.6 is 12.4 Å². The van der Waals surface area contributed by atoms with Gasteiger partial charge in [-0.05, 0) is 6.42 Å². The third-order valence-corrected chi connectivity index (χ3v) is 1.39. The molecule has 1 rings (SSSR count). The van der Waals surface area contributed by atoms with Gasteiger partial charge in [-0.3, -0.25) is 0 Å². The van der Waals surface area contributed by atoms with Gasteiger partial charge in [-0.15, -0.1) is 12.4 Å². The highest BCUT2D eigenvalue weighted by atomic mass is 35.5. The van der Waals surface area contributed by atoms with Gasteiger partial charge in [0.2, 0.25) is 0 Å². The van der Waals surface area contributed by atoms with E-state index in [4.69, 9.17) is 5.73 Å². The molecule has 2 N–H and O–H groups in total. The van der Waals surface area contributed by atoms with Gasteiger partial charge in [-0.1, -0.05) is 0 Å². The van der Waals surface area contributed by atoms with Crippen LogP contribution in [0, 0.1) is 0 Å². The second-order valence-corrected chi connectivity index (χ2v) is 2.36. The molecule has 1 fully saturated rings. The SMILES string of the molecule is Cl.NC1COC(C(F)(F)F)C1. The van der Waals surface area contributed by atoms with E-state index in [1.54, 1.807) is 0 Å². The zero-order valence-electron chi connectivity index (χ0n) is 5.60. The summed E-state index contributed by atoms with van der Waals surface area (Å²) >= 11 is 0. The number of nitrogens with two attached hydrogens (primary N) is 1. The third-order valence-electron chi connectivity index (χ3n) is 1.39. The van der Waals surface area contributed by atoms with E-state index in [2.05, 4.69) is 4.74 Å². The van der Waals surface area contributed by atoms with Crippen LogP contribution in [0.4, 0.5) is 13.2 Å². The molecule has 0 bridgehead atoms. The molecule has 0 radical (unpaired) electrons. The Morgan fingerprint density at radius 1 is 1.36 bits per heavy atom. The Morgan fingerprint density at radius 2 is 1.91 bits per heavy atom. The molecule has 2 nitrogen and oxygen atoms in total. The summed E-state index contributed by atoms with van der Waals surface area (Å²) in [6, 6.07) is -0.452. The molecule has 1 saturated heterocycles. The molecule has 1 aliphatic rings. The molecule has 1 heterocycles. The molecule has 2 unspecified atom stereocenters. The van der Waals surface area contributed by atoms with Crippen LogP contribution in [0.15, 0.2) is 0 Å². The van der Waals surface area contributed by atoms with Gasteiger partial charge >= 0.3 is 6.18 Å². The van der Waals surface area contributed by atoms with Gasteiger partial charge in [0, 0.05) is 6.04 Å². The highest BCUT2D eigenvalue weighted by Gasteiger charge is 2.44. The van der Waals surface area contributed by atoms with E-state index in [0.717, 1.165) is 0 Å². The monoisotopic (exact) mass is 191 g/mol. The molecule has 0 amide bonds. The predicted molar refractivity (Wildman–Crippen MR) is 35.6 cm³/mol. The van der Waals surface area contributed by atoms with E-state index in [1.165, 1.54) is 0 Å². The van der Waals surface area contributed by atoms with Crippen LogP contribution in [-0.2, 0) is 4.74 Å². The largest absolute Gasteiger partial charge is 0.414 e. The van der Waals surface area contributed by atoms with Crippen molar-refractivity contribution in [1.29, 1.82) is 0 Å². The van der Waals surface area contributed by atoms with Gasteiger partial charge in [0.05, 0.1) is 6.61 Å². The molecule has 0 aromatic heterocycles. The van der Waals surface area contributed by atoms with Gasteiger partial charge in [0.15, 0.2) is 6.10 Å². The van der Waals surface area contributed by atoms with Crippen molar-refractivity contribution in [3.63, 3.8) is 0 Å². The molecule has 68 valence electrons. The first kappa shape index (κ1) is 11.0. The summed E-state index contributed by atoms with van der Waals surface area (Å²) in [4.78, 5) is 0. The van der Waals surface area contributed by atoms with Gasteiger partial charge in [-0.2, -0.15) is 13.2 Å². The van der Waals surface area contributed by atoms with Gasteiger partial charge in [0.1, 0.15) is 0 Å². The Balaban J connectivity index is 0.000001000. The average Bonchev–Trinajstić information content (AvgIpc) is 2.11. The second kappa shape index (κ2) is 3.60. The summed E-state index contributed by atoms with van der Waals surface area (Å²) in [5, 5.41) is 0. The predicted octanol–water partition coefficient (Wildman–Crippen LogP) is 1.09. The summed E-state index contributed by atoms with van der Waals surface area (Å²) in [5.74, 6) is 0. The van der Waals surface area contributed by atoms with Crippen molar-refractivity contribution >= 4 is 12.4 Å². The van der Waals surface area contributed by atoms with E-state index in [0.29, 0.717) is 0 Å². The van der Waals surface area contributed by atoms with Crippen LogP contribution in [-0.4, -0.2) is 24.9 Å². The van der Waals surface area contributed by atoms with Crippen molar-refractivity contribution in [1.82, 2.24) is 0 Å². The minimum atomic E-state index is -4.24. The molecular formula is C5H9ClF3NO. The Morgan fingerprint density at radius 3 is 2.09 bits per heavy atom. The second-order valence-electron chi connectivity index (χ2n) is 2.36. The lowest BCUT2D eigenvalue weighted by Gasteiger charge is -2.12. The molecule has 11 heavy (non-hydrogen) atoms. The lowest BCUT2D eigenvalue weighted by Crippen LogP contribution is -2.29. The van der Waals surface area contributed by atoms with Crippen molar-refractivity contribution in [3.8, 4) is 0 Å². The van der Waals surface area contributed by atoms with Crippen LogP contribution in [0.5, 0.6) is 0 Å². The summed E-state index contributed by atoms with van der Waals surface area (Å²) in [6.07, 6.45) is -5.99. The zero-order valence-corrected chi connectivity index (χ0v) is 6.41. The topological polar surface area (TPSA) is 35.2 Å². The number of ether oxygens (including phenoxy) is 1. The number of hydrogen-bond acceptors (Lipinski definition) is 2. The minimum Gasteiger partial charge on any atom is -0.367 e. The van der Waals surface area contributed by atoms with Gasteiger partial charge < -0.3 is 10.5 Å². The summed E-state index contributed by atoms with van der Waals surface area (Å²) < 4.78 is 39.6. The average molecular weight is 192 g/mol. The fraction of sp³-hybridized carbons (Fsp3) is 1.00. The molecule has 0 saturated carbocycles. The maximum absolute atomic E-state index is 11.8. The van der Waals surface area contributed by atoms with Crippen molar-refractivity contribution in [2.45, 2.75) is 24.7 Å². The maximum atomic E-state index is 11.8. The number of rotatable bonds is 0. The first-order valence-corrected chi connectivity index (χ1v) is 2.94. The molecule has 0 spiro atoms. The molecule has 0 aromatic rings. The van der Waals surface area contributed by atoms with E-state index < -0.39 is 18.3 Å². The van der Waals surface area contributed by atoms with E-state index in [9.17, 15) is 13.2 Å². The third kappa shape index (κ3) is 2.84. The van der Waals surface area contributed by atoms with E-state index in [1.807, 2.05) is 0 Å². The fourth-order valence-electron chi connectivity index (χ4n) is 0.879. The standard InChI is InChI=1S/C5H8F3NO.ClH/c6-5(7,8)4-1-3(9)2-10-4;/h3-4H,1-2,9H2;1H. The Bertz CT molecular complexity index is 129. The normalized spacial score (nSPS) is 31.6. The van der Waals surface area contributed by atoms with E-state index in [-0.39, 0.29) is 25.4 Å². The molecule has 1 aliphatic heterocycles. The summed E-state index contributed by atoms with van der Waals surface area (Å²) in [7, 11) is 0. The fourth-order valence-corrected chi connectivity index (χ4v) is 0.879. The lowest BCUT2D eigenvalue weighted by atomic mass is 10.2. The summed E-state index contributed by atoms with van der Waals surface area (Å²) in [6.45, 7) is 0.0180. The quantitative estimate of drug-likeness (QED) is 0.622. The van der Waals surface area contributed by atoms with Crippen molar-refractivity contribution < 1.29 is 17.9 Å². The molecule has 2 atom stereocenters. The van der Waals surface area contributed by atoms with Crippen molar-refractivity contribution in [3.05, 3.63) is 0 Å². The van der Waals surface area contributed by atoms with Gasteiger partial charge in [0.25, 0.3) is 0 Å². The highest BCUT2D eigenvalue weighted by molar-refractivity contribution is 5.85. The van der Waals surface area contributed by atoms with E-state index >= 15 is 0 Å². The van der Waals surface area contributed by atoms with Crippen LogP contribution in [0.1, 0.15) is 6.42 Å². The molecule has 0 aliphatic carbocycles. The van der Waals surface area contributed by atoms with Crippen LogP contribution in [0.25, 0.3) is 0 Å². The Hall–Kier alpha value is -0.0000000000000000555. The number of alkyl halides is 3. The van der Waals surface area contributed by atoms with Crippen molar-refractivity contribution in [2.24, 2.45) is 5.73 Å². The Kier molecular flexibility index (Phi) is 3.60. The first-order valence-electron chi connectivity index (χ1n) is 2.94. The van der Waals surface area contributed by atoms with Crippen LogP contribution in [0.3, 0.4) is 0 Å². The number of halogens is 4. The molecule has 6 heteroatoms. The first-order chi connectivity index (χ1) is 4.50. The highest BCUT2D eigenvalue weighted by Crippen LogP contribution is 2.29. The van der Waals surface area contributed by atoms with Gasteiger partial charge in [-0.25, -0.2) is 0 Å². The molecular weight excluding hydrogens is 183 g/mol. The van der Waals surface area contributed by atoms with Crippen LogP contribution < -0.4 is 5.73 Å². The zero-order chi connectivity index (χ0) is 7.78. The van der Waals surface area contributed by atoms with Crippen LogP contribution in [0.2, 0.25) is 0 Å². The maximum Gasteiger partial charge on any atom is 0.414 e. The number of hydrogen-bond donors (Lipinski definition) is 1. The Labute approximate surface area is 68.3 Å².